The summed E-state index contributed by atoms with van der Waals surface area (Å²) in [5.74, 6) is -1.12. The molecule has 1 rings (SSSR count). The topological polar surface area (TPSA) is 83.9 Å². The fourth-order valence-corrected chi connectivity index (χ4v) is 3.42. The number of ether oxygens (including phenoxy) is 1. The molecule has 0 saturated carbocycles. The van der Waals surface area contributed by atoms with Crippen molar-refractivity contribution in [2.75, 3.05) is 14.2 Å². The van der Waals surface area contributed by atoms with E-state index in [9.17, 15) is 13.2 Å². The first-order chi connectivity index (χ1) is 9.57. The van der Waals surface area contributed by atoms with Gasteiger partial charge in [-0.1, -0.05) is 6.92 Å². The third-order valence-corrected chi connectivity index (χ3v) is 5.88. The number of methoxy groups -OCH3 is 1. The highest BCUT2D eigenvalue weighted by atomic mass is 32.2. The molecule has 0 aliphatic carbocycles. The molecule has 7 heteroatoms. The largest absolute Gasteiger partial charge is 0.495 e. The molecule has 0 bridgehead atoms. The number of sulfonamides is 1. The van der Waals surface area contributed by atoms with Crippen molar-refractivity contribution >= 4 is 16.0 Å². The van der Waals surface area contributed by atoms with E-state index in [4.69, 9.17) is 9.84 Å². The summed E-state index contributed by atoms with van der Waals surface area (Å²) < 4.78 is 31.7. The van der Waals surface area contributed by atoms with Crippen LogP contribution in [0.4, 0.5) is 0 Å². The van der Waals surface area contributed by atoms with Crippen LogP contribution in [0.5, 0.6) is 5.75 Å². The minimum absolute atomic E-state index is 0.0219. The number of aromatic carboxylic acids is 1. The summed E-state index contributed by atoms with van der Waals surface area (Å²) in [6.07, 6.45) is 0.637. The SMILES string of the molecule is CCC(C)(C)N(C)S(=O)(=O)c1ccc(C(=O)O)cc1OC. The molecule has 1 aromatic carbocycles. The van der Waals surface area contributed by atoms with Gasteiger partial charge >= 0.3 is 5.97 Å². The average Bonchev–Trinajstić information content (AvgIpc) is 2.45. The number of carboxylic acids is 1. The van der Waals surface area contributed by atoms with Gasteiger partial charge in [0.05, 0.1) is 12.7 Å². The first-order valence-corrected chi connectivity index (χ1v) is 7.92. The molecule has 0 fully saturated rings. The molecule has 0 amide bonds. The predicted octanol–water partition coefficient (Wildman–Crippen LogP) is 2.20. The van der Waals surface area contributed by atoms with Crippen molar-refractivity contribution in [2.24, 2.45) is 0 Å². The van der Waals surface area contributed by atoms with E-state index in [1.54, 1.807) is 0 Å². The van der Waals surface area contributed by atoms with Gasteiger partial charge in [-0.2, -0.15) is 4.31 Å². The fourth-order valence-electron chi connectivity index (χ4n) is 1.71. The maximum absolute atomic E-state index is 12.7. The molecule has 0 aromatic heterocycles. The molecule has 0 saturated heterocycles. The third-order valence-electron chi connectivity index (χ3n) is 3.77. The molecule has 0 radical (unpaired) electrons. The number of nitrogens with zero attached hydrogens (tertiary/aromatic N) is 1. The smallest absolute Gasteiger partial charge is 0.335 e. The predicted molar refractivity (Wildman–Crippen MR) is 79.3 cm³/mol. The quantitative estimate of drug-likeness (QED) is 0.870. The number of benzene rings is 1. The van der Waals surface area contributed by atoms with Gasteiger partial charge in [-0.05, 0) is 38.5 Å². The average molecular weight is 315 g/mol. The van der Waals surface area contributed by atoms with Gasteiger partial charge < -0.3 is 9.84 Å². The Hall–Kier alpha value is -1.60. The van der Waals surface area contributed by atoms with Gasteiger partial charge in [-0.25, -0.2) is 13.2 Å². The normalized spacial score (nSPS) is 12.5. The zero-order valence-corrected chi connectivity index (χ0v) is 13.7. The van der Waals surface area contributed by atoms with Crippen LogP contribution in [0.2, 0.25) is 0 Å². The first-order valence-electron chi connectivity index (χ1n) is 6.48. The number of rotatable bonds is 6. The van der Waals surface area contributed by atoms with Gasteiger partial charge in [-0.3, -0.25) is 0 Å². The zero-order valence-electron chi connectivity index (χ0n) is 12.9. The molecule has 0 unspecified atom stereocenters. The molecule has 0 aliphatic rings. The lowest BCUT2D eigenvalue weighted by Crippen LogP contribution is -2.44. The second-order valence-corrected chi connectivity index (χ2v) is 7.25. The monoisotopic (exact) mass is 315 g/mol. The lowest BCUT2D eigenvalue weighted by molar-refractivity contribution is 0.0696. The summed E-state index contributed by atoms with van der Waals surface area (Å²) in [7, 11) is -0.965. The Morgan fingerprint density at radius 1 is 1.38 bits per heavy atom. The van der Waals surface area contributed by atoms with Crippen molar-refractivity contribution in [3.05, 3.63) is 23.8 Å². The van der Waals surface area contributed by atoms with Crippen molar-refractivity contribution in [3.8, 4) is 5.75 Å². The third kappa shape index (κ3) is 3.36. The van der Waals surface area contributed by atoms with Gasteiger partial charge in [0.1, 0.15) is 10.6 Å². The Bertz CT molecular complexity index is 637. The summed E-state index contributed by atoms with van der Waals surface area (Å²) in [6, 6.07) is 3.73. The van der Waals surface area contributed by atoms with Crippen molar-refractivity contribution < 1.29 is 23.1 Å². The minimum atomic E-state index is -3.78. The molecular weight excluding hydrogens is 294 g/mol. The maximum atomic E-state index is 12.7. The Kier molecular flexibility index (Phi) is 5.01. The van der Waals surface area contributed by atoms with E-state index >= 15 is 0 Å². The van der Waals surface area contributed by atoms with Crippen molar-refractivity contribution in [1.29, 1.82) is 0 Å². The fraction of sp³-hybridized carbons (Fsp3) is 0.500. The summed E-state index contributed by atoms with van der Waals surface area (Å²) in [6.45, 7) is 5.54. The van der Waals surface area contributed by atoms with E-state index < -0.39 is 21.5 Å². The molecule has 6 nitrogen and oxygen atoms in total. The van der Waals surface area contributed by atoms with Crippen LogP contribution in [0.3, 0.4) is 0 Å². The van der Waals surface area contributed by atoms with Crippen LogP contribution in [-0.4, -0.2) is 43.5 Å². The Morgan fingerprint density at radius 2 is 1.95 bits per heavy atom. The number of hydrogen-bond acceptors (Lipinski definition) is 4. The van der Waals surface area contributed by atoms with Crippen LogP contribution in [0.15, 0.2) is 23.1 Å². The van der Waals surface area contributed by atoms with Crippen molar-refractivity contribution in [1.82, 2.24) is 4.31 Å². The number of carboxylic acid groups (broad SMARTS) is 1. The lowest BCUT2D eigenvalue weighted by atomic mass is 10.0. The van der Waals surface area contributed by atoms with E-state index in [-0.39, 0.29) is 16.2 Å². The maximum Gasteiger partial charge on any atom is 0.335 e. The second kappa shape index (κ2) is 6.03. The van der Waals surface area contributed by atoms with Crippen LogP contribution in [0, 0.1) is 0 Å². The summed E-state index contributed by atoms with van der Waals surface area (Å²) >= 11 is 0. The van der Waals surface area contributed by atoms with Crippen molar-refractivity contribution in [2.45, 2.75) is 37.6 Å². The van der Waals surface area contributed by atoms with Gasteiger partial charge in [0, 0.05) is 12.6 Å². The highest BCUT2D eigenvalue weighted by Gasteiger charge is 2.34. The highest BCUT2D eigenvalue weighted by Crippen LogP contribution is 2.31. The molecule has 118 valence electrons. The summed E-state index contributed by atoms with van der Waals surface area (Å²) in [4.78, 5) is 10.9. The zero-order chi connectivity index (χ0) is 16.4. The molecule has 1 aromatic rings. The number of carbonyl (C=O) groups is 1. The van der Waals surface area contributed by atoms with E-state index in [1.165, 1.54) is 36.7 Å². The molecule has 0 heterocycles. The first kappa shape index (κ1) is 17.5. The molecular formula is C14H21NO5S. The lowest BCUT2D eigenvalue weighted by Gasteiger charge is -2.34. The molecule has 0 spiro atoms. The van der Waals surface area contributed by atoms with E-state index in [0.717, 1.165) is 0 Å². The van der Waals surface area contributed by atoms with Crippen LogP contribution in [-0.2, 0) is 10.0 Å². The van der Waals surface area contributed by atoms with Crippen LogP contribution >= 0.6 is 0 Å². The van der Waals surface area contributed by atoms with E-state index in [0.29, 0.717) is 6.42 Å². The van der Waals surface area contributed by atoms with Gasteiger partial charge in [0.15, 0.2) is 0 Å². The van der Waals surface area contributed by atoms with Crippen LogP contribution in [0.25, 0.3) is 0 Å². The number of hydrogen-bond donors (Lipinski definition) is 1. The molecule has 0 atom stereocenters. The van der Waals surface area contributed by atoms with Crippen LogP contribution < -0.4 is 4.74 Å². The van der Waals surface area contributed by atoms with Crippen molar-refractivity contribution in [3.63, 3.8) is 0 Å². The molecule has 0 aliphatic heterocycles. The van der Waals surface area contributed by atoms with Gasteiger partial charge in [-0.15, -0.1) is 0 Å². The second-order valence-electron chi connectivity index (χ2n) is 5.31. The highest BCUT2D eigenvalue weighted by molar-refractivity contribution is 7.89. The minimum Gasteiger partial charge on any atom is -0.495 e. The Balaban J connectivity index is 3.42. The van der Waals surface area contributed by atoms with E-state index in [2.05, 4.69) is 0 Å². The Labute approximate surface area is 125 Å². The van der Waals surface area contributed by atoms with E-state index in [1.807, 2.05) is 20.8 Å². The Morgan fingerprint density at radius 3 is 2.38 bits per heavy atom. The van der Waals surface area contributed by atoms with Crippen LogP contribution in [0.1, 0.15) is 37.6 Å². The summed E-state index contributed by atoms with van der Waals surface area (Å²) in [5, 5.41) is 8.96. The summed E-state index contributed by atoms with van der Waals surface area (Å²) in [5.41, 5.74) is -0.585. The molecule has 1 N–H and O–H groups in total. The molecule has 21 heavy (non-hydrogen) atoms. The van der Waals surface area contributed by atoms with Gasteiger partial charge in [0.2, 0.25) is 10.0 Å². The van der Waals surface area contributed by atoms with Gasteiger partial charge in [0.25, 0.3) is 0 Å². The standard InChI is InChI=1S/C14H21NO5S/c1-6-14(2,3)15(4)21(18,19)12-8-7-10(13(16)17)9-11(12)20-5/h7-9H,6H2,1-5H3,(H,16,17).